The van der Waals surface area contributed by atoms with Crippen LogP contribution in [0.25, 0.3) is 11.2 Å². The van der Waals surface area contributed by atoms with Crippen LogP contribution in [-0.2, 0) is 15.7 Å². The predicted molar refractivity (Wildman–Crippen MR) is 142 cm³/mol. The van der Waals surface area contributed by atoms with Gasteiger partial charge < -0.3 is 20.3 Å². The van der Waals surface area contributed by atoms with Crippen molar-refractivity contribution < 1.29 is 22.7 Å². The van der Waals surface area contributed by atoms with Gasteiger partial charge in [-0.15, -0.1) is 0 Å². The molecule has 12 heteroatoms. The second-order valence-electron chi connectivity index (χ2n) is 10.7. The maximum atomic E-state index is 13.4. The molecule has 2 aromatic heterocycles. The highest BCUT2D eigenvalue weighted by Crippen LogP contribution is 2.38. The van der Waals surface area contributed by atoms with E-state index in [9.17, 15) is 18.0 Å². The van der Waals surface area contributed by atoms with E-state index in [2.05, 4.69) is 20.6 Å². The topological polar surface area (TPSA) is 97.2 Å². The molecule has 5 rings (SSSR count). The van der Waals surface area contributed by atoms with Crippen LogP contribution in [0.1, 0.15) is 57.1 Å². The molecule has 39 heavy (non-hydrogen) atoms. The highest BCUT2D eigenvalue weighted by molar-refractivity contribution is 5.79. The third-order valence-corrected chi connectivity index (χ3v) is 7.55. The molecule has 0 bridgehead atoms. The standard InChI is InChI=1S/C27H34F3N7O2/c1-16-13-20(11-12-39-16)32-25-31-15-22-23(35-25)37(21-9-7-17(8-10-21)24(38)36(2)3)26(34-22)33-19-6-4-5-18(14-19)27(28,29)30/h4-6,14-17,20-21H,7-13H2,1-3H3,(H,33,34)(H,31,32,35)/t16-,17?,20-,21?/m0/s1. The number of benzene rings is 1. The second kappa shape index (κ2) is 11.0. The first-order chi connectivity index (χ1) is 18.6. The Kier molecular flexibility index (Phi) is 7.66. The van der Waals surface area contributed by atoms with Crippen molar-refractivity contribution in [3.8, 4) is 0 Å². The van der Waals surface area contributed by atoms with Crippen molar-refractivity contribution in [2.45, 2.75) is 69.8 Å². The first-order valence-corrected chi connectivity index (χ1v) is 13.4. The van der Waals surface area contributed by atoms with Crippen LogP contribution in [0.5, 0.6) is 0 Å². The first-order valence-electron chi connectivity index (χ1n) is 13.4. The zero-order chi connectivity index (χ0) is 27.7. The van der Waals surface area contributed by atoms with Crippen molar-refractivity contribution in [1.82, 2.24) is 24.4 Å². The molecular formula is C27H34F3N7O2. The fraction of sp³-hybridized carbons (Fsp3) is 0.556. The fourth-order valence-corrected chi connectivity index (χ4v) is 5.55. The number of carbonyl (C=O) groups excluding carboxylic acids is 1. The molecular weight excluding hydrogens is 511 g/mol. The summed E-state index contributed by atoms with van der Waals surface area (Å²) in [4.78, 5) is 28.1. The minimum atomic E-state index is -4.46. The van der Waals surface area contributed by atoms with Crippen molar-refractivity contribution in [2.75, 3.05) is 31.3 Å². The van der Waals surface area contributed by atoms with Crippen LogP contribution in [0.4, 0.5) is 30.8 Å². The van der Waals surface area contributed by atoms with E-state index in [1.807, 2.05) is 11.5 Å². The molecule has 0 radical (unpaired) electrons. The van der Waals surface area contributed by atoms with E-state index in [0.717, 1.165) is 37.8 Å². The van der Waals surface area contributed by atoms with E-state index in [-0.39, 0.29) is 35.7 Å². The molecule has 2 aliphatic rings. The summed E-state index contributed by atoms with van der Waals surface area (Å²) >= 11 is 0. The van der Waals surface area contributed by atoms with E-state index in [1.165, 1.54) is 6.07 Å². The van der Waals surface area contributed by atoms with Gasteiger partial charge in [-0.2, -0.15) is 18.2 Å². The van der Waals surface area contributed by atoms with E-state index >= 15 is 0 Å². The van der Waals surface area contributed by atoms with Crippen molar-refractivity contribution in [1.29, 1.82) is 0 Å². The molecule has 0 spiro atoms. The molecule has 1 aliphatic carbocycles. The number of alkyl halides is 3. The molecule has 1 saturated carbocycles. The number of ether oxygens (including phenoxy) is 1. The number of nitrogens with zero attached hydrogens (tertiary/aromatic N) is 5. The number of fused-ring (bicyclic) bond motifs is 1. The summed E-state index contributed by atoms with van der Waals surface area (Å²) in [5, 5.41) is 6.51. The lowest BCUT2D eigenvalue weighted by Crippen LogP contribution is -2.33. The van der Waals surface area contributed by atoms with Crippen LogP contribution < -0.4 is 10.6 Å². The lowest BCUT2D eigenvalue weighted by Gasteiger charge is -2.31. The van der Waals surface area contributed by atoms with Crippen LogP contribution in [0.2, 0.25) is 0 Å². The number of aromatic nitrogens is 4. The molecule has 2 atom stereocenters. The monoisotopic (exact) mass is 545 g/mol. The third-order valence-electron chi connectivity index (χ3n) is 7.55. The fourth-order valence-electron chi connectivity index (χ4n) is 5.55. The summed E-state index contributed by atoms with van der Waals surface area (Å²) in [6, 6.07) is 5.21. The molecule has 210 valence electrons. The Morgan fingerprint density at radius 1 is 1.13 bits per heavy atom. The molecule has 1 aliphatic heterocycles. The normalized spacial score (nSPS) is 23.9. The van der Waals surface area contributed by atoms with Gasteiger partial charge in [0.1, 0.15) is 5.52 Å². The minimum Gasteiger partial charge on any atom is -0.378 e. The van der Waals surface area contributed by atoms with Crippen molar-refractivity contribution in [3.63, 3.8) is 0 Å². The molecule has 0 unspecified atom stereocenters. The van der Waals surface area contributed by atoms with Gasteiger partial charge in [0.25, 0.3) is 0 Å². The number of rotatable bonds is 6. The second-order valence-corrected chi connectivity index (χ2v) is 10.7. The van der Waals surface area contributed by atoms with Crippen LogP contribution in [0.3, 0.4) is 0 Å². The highest BCUT2D eigenvalue weighted by Gasteiger charge is 2.32. The van der Waals surface area contributed by atoms with E-state index in [0.29, 0.717) is 42.5 Å². The van der Waals surface area contributed by atoms with Gasteiger partial charge in [0.05, 0.1) is 17.9 Å². The quantitative estimate of drug-likeness (QED) is 0.429. The number of anilines is 3. The zero-order valence-electron chi connectivity index (χ0n) is 22.3. The minimum absolute atomic E-state index is 0.0274. The maximum absolute atomic E-state index is 13.4. The number of halogens is 3. The van der Waals surface area contributed by atoms with Crippen LogP contribution >= 0.6 is 0 Å². The van der Waals surface area contributed by atoms with Gasteiger partial charge in [0.15, 0.2) is 5.65 Å². The van der Waals surface area contributed by atoms with Gasteiger partial charge in [-0.25, -0.2) is 9.97 Å². The van der Waals surface area contributed by atoms with Gasteiger partial charge in [0, 0.05) is 44.4 Å². The Balaban J connectivity index is 1.47. The smallest absolute Gasteiger partial charge is 0.378 e. The maximum Gasteiger partial charge on any atom is 0.416 e. The predicted octanol–water partition coefficient (Wildman–Crippen LogP) is 5.39. The third kappa shape index (κ3) is 6.10. The van der Waals surface area contributed by atoms with Crippen molar-refractivity contribution >= 4 is 34.7 Å². The van der Waals surface area contributed by atoms with E-state index < -0.39 is 11.7 Å². The molecule has 3 aromatic rings. The Hall–Kier alpha value is -3.41. The Bertz CT molecular complexity index is 1320. The molecule has 2 N–H and O–H groups in total. The van der Waals surface area contributed by atoms with Gasteiger partial charge >= 0.3 is 6.18 Å². The largest absolute Gasteiger partial charge is 0.416 e. The summed E-state index contributed by atoms with van der Waals surface area (Å²) in [6.07, 6.45) is 1.87. The number of amides is 1. The van der Waals surface area contributed by atoms with Gasteiger partial charge in [-0.1, -0.05) is 6.07 Å². The first kappa shape index (κ1) is 27.2. The number of hydrogen-bond donors (Lipinski definition) is 2. The van der Waals surface area contributed by atoms with Gasteiger partial charge in [-0.3, -0.25) is 9.36 Å². The number of carbonyl (C=O) groups is 1. The summed E-state index contributed by atoms with van der Waals surface area (Å²) < 4.78 is 47.7. The number of nitrogens with one attached hydrogen (secondary N) is 2. The van der Waals surface area contributed by atoms with Crippen LogP contribution in [-0.4, -0.2) is 63.2 Å². The number of imidazole rings is 1. The van der Waals surface area contributed by atoms with Gasteiger partial charge in [0.2, 0.25) is 17.8 Å². The molecule has 3 heterocycles. The number of hydrogen-bond acceptors (Lipinski definition) is 7. The summed E-state index contributed by atoms with van der Waals surface area (Å²) in [5.41, 5.74) is 0.682. The lowest BCUT2D eigenvalue weighted by molar-refractivity contribution is -0.137. The summed E-state index contributed by atoms with van der Waals surface area (Å²) in [5.74, 6) is 0.946. The molecule has 1 amide bonds. The SMILES string of the molecule is C[C@H]1C[C@@H](Nc2ncc3nc(Nc4cccc(C(F)(F)F)c4)n(C4CCC(C(=O)N(C)C)CC4)c3n2)CCO1. The lowest BCUT2D eigenvalue weighted by atomic mass is 9.85. The molecule has 1 saturated heterocycles. The van der Waals surface area contributed by atoms with Gasteiger partial charge in [-0.05, 0) is 63.6 Å². The Labute approximate surface area is 225 Å². The summed E-state index contributed by atoms with van der Waals surface area (Å²) in [7, 11) is 3.53. The van der Waals surface area contributed by atoms with Crippen LogP contribution in [0, 0.1) is 5.92 Å². The average Bonchev–Trinajstić information content (AvgIpc) is 3.25. The summed E-state index contributed by atoms with van der Waals surface area (Å²) in [6.45, 7) is 2.70. The van der Waals surface area contributed by atoms with E-state index in [1.54, 1.807) is 31.3 Å². The molecule has 2 fully saturated rings. The molecule has 1 aromatic carbocycles. The van der Waals surface area contributed by atoms with Crippen molar-refractivity contribution in [2.24, 2.45) is 5.92 Å². The molecule has 9 nitrogen and oxygen atoms in total. The van der Waals surface area contributed by atoms with Crippen LogP contribution in [0.15, 0.2) is 30.5 Å². The Morgan fingerprint density at radius 2 is 1.90 bits per heavy atom. The zero-order valence-corrected chi connectivity index (χ0v) is 22.3. The van der Waals surface area contributed by atoms with Crippen molar-refractivity contribution in [3.05, 3.63) is 36.0 Å². The average molecular weight is 546 g/mol. The highest BCUT2D eigenvalue weighted by atomic mass is 19.4. The Morgan fingerprint density at radius 3 is 2.59 bits per heavy atom. The van der Waals surface area contributed by atoms with E-state index in [4.69, 9.17) is 9.72 Å².